The molecule has 0 bridgehead atoms. The first kappa shape index (κ1) is 13.0. The third-order valence-electron chi connectivity index (χ3n) is 3.72. The first-order chi connectivity index (χ1) is 10.6. The van der Waals surface area contributed by atoms with Gasteiger partial charge < -0.3 is 5.32 Å². The Morgan fingerprint density at radius 3 is 2.73 bits per heavy atom. The smallest absolute Gasteiger partial charge is 0.261 e. The monoisotopic (exact) mass is 311 g/mol. The second kappa shape index (κ2) is 4.67. The van der Waals surface area contributed by atoms with E-state index in [2.05, 4.69) is 20.5 Å². The van der Waals surface area contributed by atoms with Gasteiger partial charge in [-0.2, -0.15) is 0 Å². The Labute approximate surface area is 129 Å². The molecule has 0 radical (unpaired) electrons. The molecule has 110 valence electrons. The summed E-state index contributed by atoms with van der Waals surface area (Å²) in [6, 6.07) is 9.75. The van der Waals surface area contributed by atoms with E-state index in [1.165, 1.54) is 0 Å². The van der Waals surface area contributed by atoms with Gasteiger partial charge in [0, 0.05) is 10.6 Å². The molecule has 2 N–H and O–H groups in total. The van der Waals surface area contributed by atoms with Crippen LogP contribution in [0.15, 0.2) is 35.1 Å². The normalized spacial score (nSPS) is 11.4. The van der Waals surface area contributed by atoms with Crippen LogP contribution in [0.3, 0.4) is 0 Å². The zero-order valence-electron chi connectivity index (χ0n) is 12.0. The summed E-state index contributed by atoms with van der Waals surface area (Å²) in [5, 5.41) is 12.2. The number of anilines is 2. The Balaban J connectivity index is 2.01. The fourth-order valence-electron chi connectivity index (χ4n) is 2.49. The molecule has 3 aromatic heterocycles. The molecule has 0 amide bonds. The Morgan fingerprint density at radius 2 is 1.95 bits per heavy atom. The summed E-state index contributed by atoms with van der Waals surface area (Å²) >= 11 is 1.57. The van der Waals surface area contributed by atoms with E-state index in [9.17, 15) is 4.79 Å². The molecule has 0 spiro atoms. The SMILES string of the molecule is Cc1sc2c(c1C)c(=O)[nH]c1nnc(Nc3ccccc3)n12. The van der Waals surface area contributed by atoms with Gasteiger partial charge in [-0.25, -0.2) is 4.40 Å². The molecule has 22 heavy (non-hydrogen) atoms. The van der Waals surface area contributed by atoms with Crippen molar-refractivity contribution in [2.24, 2.45) is 0 Å². The molecule has 0 saturated heterocycles. The van der Waals surface area contributed by atoms with E-state index in [0.717, 1.165) is 21.0 Å². The van der Waals surface area contributed by atoms with Gasteiger partial charge in [0.15, 0.2) is 0 Å². The van der Waals surface area contributed by atoms with E-state index in [1.807, 2.05) is 48.6 Å². The largest absolute Gasteiger partial charge is 0.324 e. The van der Waals surface area contributed by atoms with E-state index < -0.39 is 0 Å². The van der Waals surface area contributed by atoms with Crippen molar-refractivity contribution < 1.29 is 0 Å². The zero-order chi connectivity index (χ0) is 15.3. The number of benzene rings is 1. The van der Waals surface area contributed by atoms with Gasteiger partial charge in [-0.1, -0.05) is 18.2 Å². The molecule has 0 aliphatic carbocycles. The number of rotatable bonds is 2. The number of aryl methyl sites for hydroxylation is 2. The summed E-state index contributed by atoms with van der Waals surface area (Å²) in [6.45, 7) is 3.98. The second-order valence-electron chi connectivity index (χ2n) is 5.09. The molecule has 0 fully saturated rings. The zero-order valence-corrected chi connectivity index (χ0v) is 12.9. The number of fused-ring (bicyclic) bond motifs is 3. The maximum absolute atomic E-state index is 12.2. The van der Waals surface area contributed by atoms with Crippen molar-refractivity contribution in [2.45, 2.75) is 13.8 Å². The predicted octanol–water partition coefficient (Wildman–Crippen LogP) is 2.99. The standard InChI is InChI=1S/C15H13N5OS/c1-8-9(2)22-13-11(8)12(21)17-15-19-18-14(20(13)15)16-10-6-4-3-5-7-10/h3-7H,1-2H3,(H,16,18)(H,17,19,21). The molecule has 3 heterocycles. The van der Waals surface area contributed by atoms with Crippen LogP contribution in [0, 0.1) is 13.8 Å². The highest BCUT2D eigenvalue weighted by Crippen LogP contribution is 2.29. The average Bonchev–Trinajstić information content (AvgIpc) is 3.03. The van der Waals surface area contributed by atoms with Crippen molar-refractivity contribution in [3.63, 3.8) is 0 Å². The van der Waals surface area contributed by atoms with Gasteiger partial charge in [0.25, 0.3) is 5.56 Å². The second-order valence-corrected chi connectivity index (χ2v) is 6.29. The van der Waals surface area contributed by atoms with Crippen molar-refractivity contribution in [3.8, 4) is 0 Å². The topological polar surface area (TPSA) is 75.1 Å². The van der Waals surface area contributed by atoms with Gasteiger partial charge >= 0.3 is 0 Å². The maximum atomic E-state index is 12.2. The van der Waals surface area contributed by atoms with Crippen molar-refractivity contribution in [1.82, 2.24) is 19.6 Å². The van der Waals surface area contributed by atoms with Crippen LogP contribution in [-0.2, 0) is 0 Å². The maximum Gasteiger partial charge on any atom is 0.261 e. The van der Waals surface area contributed by atoms with Crippen LogP contribution >= 0.6 is 11.3 Å². The number of nitrogens with zero attached hydrogens (tertiary/aromatic N) is 3. The highest BCUT2D eigenvalue weighted by molar-refractivity contribution is 7.18. The lowest BCUT2D eigenvalue weighted by atomic mass is 10.2. The summed E-state index contributed by atoms with van der Waals surface area (Å²) in [6.07, 6.45) is 0. The number of nitrogens with one attached hydrogen (secondary N) is 2. The Bertz CT molecular complexity index is 1040. The van der Waals surface area contributed by atoms with Gasteiger partial charge in [-0.3, -0.25) is 9.78 Å². The number of hydrogen-bond acceptors (Lipinski definition) is 5. The van der Waals surface area contributed by atoms with Crippen LogP contribution < -0.4 is 10.9 Å². The number of hydrogen-bond donors (Lipinski definition) is 2. The molecule has 1 aromatic carbocycles. The summed E-state index contributed by atoms with van der Waals surface area (Å²) in [5.41, 5.74) is 1.80. The molecular weight excluding hydrogens is 298 g/mol. The van der Waals surface area contributed by atoms with E-state index in [4.69, 9.17) is 0 Å². The van der Waals surface area contributed by atoms with E-state index in [1.54, 1.807) is 11.3 Å². The fourth-order valence-corrected chi connectivity index (χ4v) is 3.64. The van der Waals surface area contributed by atoms with Crippen molar-refractivity contribution in [1.29, 1.82) is 0 Å². The Hall–Kier alpha value is -2.67. The number of H-pyrrole nitrogens is 1. The number of para-hydroxylation sites is 1. The lowest BCUT2D eigenvalue weighted by molar-refractivity contribution is 1.09. The summed E-state index contributed by atoms with van der Waals surface area (Å²) in [4.78, 5) is 17.0. The number of aromatic nitrogens is 4. The Morgan fingerprint density at radius 1 is 1.18 bits per heavy atom. The minimum Gasteiger partial charge on any atom is -0.324 e. The van der Waals surface area contributed by atoms with E-state index >= 15 is 0 Å². The molecule has 0 saturated carbocycles. The third-order valence-corrected chi connectivity index (χ3v) is 4.91. The van der Waals surface area contributed by atoms with Crippen LogP contribution in [0.2, 0.25) is 0 Å². The van der Waals surface area contributed by atoms with Gasteiger partial charge in [0.1, 0.15) is 4.83 Å². The molecule has 6 nitrogen and oxygen atoms in total. The Kier molecular flexibility index (Phi) is 2.77. The molecule has 0 atom stereocenters. The highest BCUT2D eigenvalue weighted by atomic mass is 32.1. The minimum absolute atomic E-state index is 0.122. The van der Waals surface area contributed by atoms with E-state index in [0.29, 0.717) is 17.1 Å². The molecule has 4 aromatic rings. The molecule has 0 unspecified atom stereocenters. The lowest BCUT2D eigenvalue weighted by Gasteiger charge is -2.04. The van der Waals surface area contributed by atoms with Crippen LogP contribution in [0.25, 0.3) is 16.0 Å². The van der Waals surface area contributed by atoms with E-state index in [-0.39, 0.29) is 5.56 Å². The summed E-state index contributed by atoms with van der Waals surface area (Å²) in [5.74, 6) is 1.03. The number of aromatic amines is 1. The van der Waals surface area contributed by atoms with Crippen molar-refractivity contribution >= 4 is 39.0 Å². The van der Waals surface area contributed by atoms with Gasteiger partial charge in [-0.05, 0) is 31.5 Å². The molecule has 4 rings (SSSR count). The first-order valence-corrected chi connectivity index (χ1v) is 7.66. The van der Waals surface area contributed by atoms with Crippen LogP contribution in [-0.4, -0.2) is 19.6 Å². The van der Waals surface area contributed by atoms with Crippen molar-refractivity contribution in [3.05, 3.63) is 51.1 Å². The van der Waals surface area contributed by atoms with Gasteiger partial charge in [-0.15, -0.1) is 21.5 Å². The predicted molar refractivity (Wildman–Crippen MR) is 88.2 cm³/mol. The molecular formula is C15H13N5OS. The number of thiophene rings is 1. The minimum atomic E-state index is -0.122. The first-order valence-electron chi connectivity index (χ1n) is 6.84. The van der Waals surface area contributed by atoms with Crippen molar-refractivity contribution in [2.75, 3.05) is 5.32 Å². The summed E-state index contributed by atoms with van der Waals surface area (Å²) in [7, 11) is 0. The molecule has 0 aliphatic heterocycles. The fraction of sp³-hybridized carbons (Fsp3) is 0.133. The average molecular weight is 311 g/mol. The van der Waals surface area contributed by atoms with Gasteiger partial charge in [0.05, 0.1) is 5.39 Å². The quantitative estimate of drug-likeness (QED) is 0.597. The van der Waals surface area contributed by atoms with Crippen LogP contribution in [0.4, 0.5) is 11.6 Å². The lowest BCUT2D eigenvalue weighted by Crippen LogP contribution is -2.10. The van der Waals surface area contributed by atoms with Gasteiger partial charge in [0.2, 0.25) is 11.7 Å². The van der Waals surface area contributed by atoms with Crippen LogP contribution in [0.1, 0.15) is 10.4 Å². The molecule has 7 heteroatoms. The highest BCUT2D eigenvalue weighted by Gasteiger charge is 2.16. The van der Waals surface area contributed by atoms with Crippen LogP contribution in [0.5, 0.6) is 0 Å². The third kappa shape index (κ3) is 1.82. The molecule has 0 aliphatic rings. The summed E-state index contributed by atoms with van der Waals surface area (Å²) < 4.78 is 1.86.